The fraction of sp³-hybridized carbons (Fsp3) is 0.400. The van der Waals surface area contributed by atoms with Crippen LogP contribution in [0.3, 0.4) is 0 Å². The molecule has 16 heteroatoms. The summed E-state index contributed by atoms with van der Waals surface area (Å²) in [6.45, 7) is 3.76. The van der Waals surface area contributed by atoms with Gasteiger partial charge < -0.3 is 20.5 Å². The van der Waals surface area contributed by atoms with Gasteiger partial charge in [-0.15, -0.1) is 0 Å². The molecule has 3 heterocycles. The molecule has 0 aromatic carbocycles. The number of carbonyl (C=O) groups is 4. The maximum Gasteiger partial charge on any atom is 0.490 e. The van der Waals surface area contributed by atoms with Gasteiger partial charge in [0.2, 0.25) is 0 Å². The maximum atomic E-state index is 12.9. The second-order valence-corrected chi connectivity index (χ2v) is 9.42. The van der Waals surface area contributed by atoms with Crippen LogP contribution in [0.1, 0.15) is 65.6 Å². The SMILES string of the molecule is CC(C)NC(=O)OC1CCC(c2cc(NC(=O)c3cc(-c4cnccc4C=O)nn3C)n[nH]2)C1.O=C(O)C(F)(F)F. The lowest BCUT2D eigenvalue weighted by atomic mass is 10.0. The summed E-state index contributed by atoms with van der Waals surface area (Å²) in [5, 5.41) is 24.2. The fourth-order valence-corrected chi connectivity index (χ4v) is 4.07. The van der Waals surface area contributed by atoms with Crippen LogP contribution in [0.2, 0.25) is 0 Å². The Bertz CT molecular complexity index is 1400. The summed E-state index contributed by atoms with van der Waals surface area (Å²) >= 11 is 0. The van der Waals surface area contributed by atoms with Crippen molar-refractivity contribution in [2.24, 2.45) is 7.05 Å². The Balaban J connectivity index is 0.000000587. The number of aromatic nitrogens is 5. The predicted molar refractivity (Wildman–Crippen MR) is 137 cm³/mol. The number of carboxylic acid groups (broad SMARTS) is 1. The van der Waals surface area contributed by atoms with E-state index in [1.165, 1.54) is 10.9 Å². The van der Waals surface area contributed by atoms with Crippen molar-refractivity contribution in [3.8, 4) is 11.3 Å². The largest absolute Gasteiger partial charge is 0.490 e. The summed E-state index contributed by atoms with van der Waals surface area (Å²) in [5.41, 5.74) is 2.66. The highest BCUT2D eigenvalue weighted by Crippen LogP contribution is 2.36. The molecule has 3 aromatic heterocycles. The minimum Gasteiger partial charge on any atom is -0.475 e. The zero-order chi connectivity index (χ0) is 30.3. The van der Waals surface area contributed by atoms with Gasteiger partial charge in [-0.2, -0.15) is 23.4 Å². The van der Waals surface area contributed by atoms with E-state index in [4.69, 9.17) is 14.6 Å². The molecule has 0 aliphatic heterocycles. The summed E-state index contributed by atoms with van der Waals surface area (Å²) in [5.74, 6) is -2.59. The molecule has 2 unspecified atom stereocenters. The number of nitrogens with one attached hydrogen (secondary N) is 3. The number of hydrogen-bond acceptors (Lipinski definition) is 8. The molecule has 0 bridgehead atoms. The van der Waals surface area contributed by atoms with Crippen LogP contribution < -0.4 is 10.6 Å². The number of aldehydes is 1. The average molecular weight is 580 g/mol. The number of aliphatic carboxylic acids is 1. The van der Waals surface area contributed by atoms with Crippen molar-refractivity contribution in [1.29, 1.82) is 0 Å². The molecule has 0 radical (unpaired) electrons. The summed E-state index contributed by atoms with van der Waals surface area (Å²) in [6.07, 6.45) is 0.470. The minimum atomic E-state index is -5.08. The van der Waals surface area contributed by atoms with Crippen molar-refractivity contribution >= 4 is 30.1 Å². The number of halogens is 3. The van der Waals surface area contributed by atoms with Gasteiger partial charge in [-0.3, -0.25) is 24.4 Å². The third-order valence-corrected chi connectivity index (χ3v) is 5.96. The smallest absolute Gasteiger partial charge is 0.475 e. The van der Waals surface area contributed by atoms with Gasteiger partial charge in [0.05, 0.1) is 5.69 Å². The topological polar surface area (TPSA) is 181 Å². The lowest BCUT2D eigenvalue weighted by molar-refractivity contribution is -0.192. The third kappa shape index (κ3) is 8.36. The standard InChI is InChI=1S/C23H27N7O4.C2HF3O2/c1-13(2)25-23(33)34-16-5-4-14(8-16)18-10-21(28-27-18)26-22(32)20-9-19(29-30(20)3)17-11-24-7-6-15(17)12-31;3-2(4,5)1(6)7/h6-7,9-14,16H,4-5,8H2,1-3H3,(H,25,33)(H2,26,27,28,32);(H,6,7). The number of carbonyl (C=O) groups excluding carboxylic acids is 3. The normalized spacial score (nSPS) is 16.5. The molecule has 3 aromatic rings. The Morgan fingerprint density at radius 2 is 1.95 bits per heavy atom. The van der Waals surface area contributed by atoms with Crippen molar-refractivity contribution in [3.63, 3.8) is 0 Å². The van der Waals surface area contributed by atoms with E-state index in [0.29, 0.717) is 34.8 Å². The second-order valence-electron chi connectivity index (χ2n) is 9.42. The molecule has 1 fully saturated rings. The number of ether oxygens (including phenoxy) is 1. The minimum absolute atomic E-state index is 0.0235. The first-order valence-electron chi connectivity index (χ1n) is 12.4. The Hall–Kier alpha value is -4.76. The number of aryl methyl sites for hydroxylation is 1. The maximum absolute atomic E-state index is 12.9. The van der Waals surface area contributed by atoms with Gasteiger partial charge >= 0.3 is 18.2 Å². The Labute approximate surface area is 231 Å². The lowest BCUT2D eigenvalue weighted by Crippen LogP contribution is -2.33. The molecular formula is C25H28F3N7O6. The van der Waals surface area contributed by atoms with Crippen LogP contribution in [-0.2, 0) is 16.6 Å². The van der Waals surface area contributed by atoms with E-state index in [-0.39, 0.29) is 24.0 Å². The number of alkyl carbamates (subject to hydrolysis) is 1. The molecule has 2 amide bonds. The van der Waals surface area contributed by atoms with Gasteiger partial charge in [-0.1, -0.05) is 0 Å². The summed E-state index contributed by atoms with van der Waals surface area (Å²) < 4.78 is 38.7. The van der Waals surface area contributed by atoms with E-state index in [1.807, 2.05) is 13.8 Å². The number of nitrogens with zero attached hydrogens (tertiary/aromatic N) is 4. The van der Waals surface area contributed by atoms with Gasteiger partial charge in [0.1, 0.15) is 11.8 Å². The summed E-state index contributed by atoms with van der Waals surface area (Å²) in [4.78, 5) is 48.9. The first-order chi connectivity index (χ1) is 19.3. The molecule has 0 saturated heterocycles. The van der Waals surface area contributed by atoms with E-state index in [2.05, 4.69) is 30.9 Å². The highest BCUT2D eigenvalue weighted by Gasteiger charge is 2.38. The number of carboxylic acids is 1. The van der Waals surface area contributed by atoms with Crippen LogP contribution in [0.5, 0.6) is 0 Å². The predicted octanol–water partition coefficient (Wildman–Crippen LogP) is 3.67. The van der Waals surface area contributed by atoms with Crippen LogP contribution in [0.25, 0.3) is 11.3 Å². The quantitative estimate of drug-likeness (QED) is 0.304. The average Bonchev–Trinajstić information content (AvgIpc) is 3.63. The zero-order valence-corrected chi connectivity index (χ0v) is 22.2. The van der Waals surface area contributed by atoms with Crippen LogP contribution >= 0.6 is 0 Å². The van der Waals surface area contributed by atoms with Crippen LogP contribution in [0.15, 0.2) is 30.6 Å². The lowest BCUT2D eigenvalue weighted by Gasteiger charge is -2.14. The van der Waals surface area contributed by atoms with Crippen molar-refractivity contribution in [2.45, 2.75) is 57.3 Å². The van der Waals surface area contributed by atoms with Crippen molar-refractivity contribution in [3.05, 3.63) is 47.5 Å². The third-order valence-electron chi connectivity index (χ3n) is 5.96. The number of rotatable bonds is 7. The summed E-state index contributed by atoms with van der Waals surface area (Å²) in [7, 11) is 1.65. The van der Waals surface area contributed by atoms with Crippen LogP contribution in [-0.4, -0.2) is 72.6 Å². The molecular weight excluding hydrogens is 551 g/mol. The van der Waals surface area contributed by atoms with Gasteiger partial charge in [-0.05, 0) is 45.2 Å². The van der Waals surface area contributed by atoms with E-state index in [1.54, 1.807) is 31.4 Å². The zero-order valence-electron chi connectivity index (χ0n) is 22.2. The van der Waals surface area contributed by atoms with Gasteiger partial charge in [0, 0.05) is 54.3 Å². The van der Waals surface area contributed by atoms with E-state index in [9.17, 15) is 27.6 Å². The molecule has 13 nitrogen and oxygen atoms in total. The first kappa shape index (κ1) is 30.8. The Morgan fingerprint density at radius 1 is 1.24 bits per heavy atom. The Morgan fingerprint density at radius 3 is 2.59 bits per heavy atom. The molecule has 41 heavy (non-hydrogen) atoms. The molecule has 4 rings (SSSR count). The van der Waals surface area contributed by atoms with Crippen molar-refractivity contribution in [2.75, 3.05) is 5.32 Å². The molecule has 2 atom stereocenters. The molecule has 220 valence electrons. The number of anilines is 1. The fourth-order valence-electron chi connectivity index (χ4n) is 4.07. The van der Waals surface area contributed by atoms with E-state index < -0.39 is 18.2 Å². The van der Waals surface area contributed by atoms with Crippen LogP contribution in [0, 0.1) is 0 Å². The summed E-state index contributed by atoms with van der Waals surface area (Å²) in [6, 6.07) is 5.02. The number of aromatic amines is 1. The molecule has 1 aliphatic rings. The van der Waals surface area contributed by atoms with Crippen molar-refractivity contribution in [1.82, 2.24) is 30.3 Å². The van der Waals surface area contributed by atoms with Gasteiger partial charge in [0.25, 0.3) is 5.91 Å². The monoisotopic (exact) mass is 579 g/mol. The van der Waals surface area contributed by atoms with E-state index in [0.717, 1.165) is 24.8 Å². The first-order valence-corrected chi connectivity index (χ1v) is 12.4. The number of alkyl halides is 3. The molecule has 4 N–H and O–H groups in total. The number of amides is 2. The van der Waals surface area contributed by atoms with Crippen molar-refractivity contribution < 1.29 is 42.2 Å². The molecule has 0 spiro atoms. The molecule has 1 saturated carbocycles. The number of pyridine rings is 1. The highest BCUT2D eigenvalue weighted by atomic mass is 19.4. The van der Waals surface area contributed by atoms with Gasteiger partial charge in [-0.25, -0.2) is 9.59 Å². The van der Waals surface area contributed by atoms with Crippen LogP contribution in [0.4, 0.5) is 23.8 Å². The molecule has 1 aliphatic carbocycles. The Kier molecular flexibility index (Phi) is 9.81. The highest BCUT2D eigenvalue weighted by molar-refractivity contribution is 6.03. The van der Waals surface area contributed by atoms with E-state index >= 15 is 0 Å². The number of hydrogen-bond donors (Lipinski definition) is 4. The number of H-pyrrole nitrogens is 1. The second kappa shape index (κ2) is 13.1. The van der Waals surface area contributed by atoms with Gasteiger partial charge in [0.15, 0.2) is 12.1 Å².